The van der Waals surface area contributed by atoms with Gasteiger partial charge in [0.2, 0.25) is 0 Å². The first kappa shape index (κ1) is 16.8. The molecule has 0 heterocycles. The fourth-order valence-corrected chi connectivity index (χ4v) is 2.15. The Morgan fingerprint density at radius 3 is 2.52 bits per heavy atom. The van der Waals surface area contributed by atoms with Gasteiger partial charge in [0.25, 0.3) is 5.69 Å². The van der Waals surface area contributed by atoms with Gasteiger partial charge in [0.05, 0.1) is 12.0 Å². The van der Waals surface area contributed by atoms with Gasteiger partial charge in [-0.2, -0.15) is 0 Å². The molecule has 0 bridgehead atoms. The van der Waals surface area contributed by atoms with Crippen molar-refractivity contribution in [2.24, 2.45) is 0 Å². The molecule has 0 amide bonds. The van der Waals surface area contributed by atoms with E-state index in [4.69, 9.17) is 9.47 Å². The first-order valence-corrected chi connectivity index (χ1v) is 7.38. The summed E-state index contributed by atoms with van der Waals surface area (Å²) >= 11 is 0. The van der Waals surface area contributed by atoms with Crippen molar-refractivity contribution in [3.8, 4) is 11.5 Å². The zero-order valence-corrected chi connectivity index (χ0v) is 13.2. The predicted octanol–water partition coefficient (Wildman–Crippen LogP) is 3.29. The van der Waals surface area contributed by atoms with Gasteiger partial charge in [-0.25, -0.2) is 0 Å². The summed E-state index contributed by atoms with van der Waals surface area (Å²) in [6, 6.07) is 12.1. The predicted molar refractivity (Wildman–Crippen MR) is 87.8 cm³/mol. The highest BCUT2D eigenvalue weighted by atomic mass is 16.6. The molecule has 6 heteroatoms. The summed E-state index contributed by atoms with van der Waals surface area (Å²) in [5.74, 6) is 1.36. The van der Waals surface area contributed by atoms with Crippen LogP contribution in [0.3, 0.4) is 0 Å². The number of hydrogen-bond acceptors (Lipinski definition) is 5. The fraction of sp³-hybridized carbons (Fsp3) is 0.294. The van der Waals surface area contributed by atoms with Crippen molar-refractivity contribution in [2.45, 2.75) is 20.1 Å². The van der Waals surface area contributed by atoms with Crippen molar-refractivity contribution in [1.29, 1.82) is 0 Å². The van der Waals surface area contributed by atoms with Gasteiger partial charge in [0.1, 0.15) is 6.61 Å². The number of non-ortho nitro benzene ring substituents is 1. The van der Waals surface area contributed by atoms with E-state index in [1.807, 2.05) is 25.1 Å². The molecule has 0 aromatic heterocycles. The van der Waals surface area contributed by atoms with E-state index < -0.39 is 4.92 Å². The number of nitrogens with zero attached hydrogens (tertiary/aromatic N) is 1. The van der Waals surface area contributed by atoms with Gasteiger partial charge in [-0.3, -0.25) is 10.1 Å². The highest BCUT2D eigenvalue weighted by Crippen LogP contribution is 2.31. The normalized spacial score (nSPS) is 10.3. The Hall–Kier alpha value is -2.60. The first-order chi connectivity index (χ1) is 11.2. The largest absolute Gasteiger partial charge is 0.493 e. The minimum absolute atomic E-state index is 0.0684. The molecule has 2 rings (SSSR count). The second kappa shape index (κ2) is 8.14. The number of rotatable bonds is 8. The van der Waals surface area contributed by atoms with E-state index in [0.717, 1.165) is 17.7 Å². The van der Waals surface area contributed by atoms with Gasteiger partial charge in [-0.05, 0) is 30.3 Å². The summed E-state index contributed by atoms with van der Waals surface area (Å²) in [5.41, 5.74) is 1.93. The van der Waals surface area contributed by atoms with E-state index in [1.54, 1.807) is 19.2 Å². The van der Waals surface area contributed by atoms with Crippen LogP contribution in [0, 0.1) is 10.1 Å². The molecule has 0 aliphatic rings. The lowest BCUT2D eigenvalue weighted by atomic mass is 10.1. The van der Waals surface area contributed by atoms with Crippen LogP contribution < -0.4 is 14.8 Å². The molecule has 0 saturated heterocycles. The van der Waals surface area contributed by atoms with Gasteiger partial charge in [0.15, 0.2) is 11.5 Å². The van der Waals surface area contributed by atoms with Crippen LogP contribution in [-0.2, 0) is 13.2 Å². The molecule has 6 nitrogen and oxygen atoms in total. The quantitative estimate of drug-likeness (QED) is 0.597. The Balaban J connectivity index is 2.13. The summed E-state index contributed by atoms with van der Waals surface area (Å²) in [4.78, 5) is 10.3. The van der Waals surface area contributed by atoms with E-state index in [9.17, 15) is 10.1 Å². The van der Waals surface area contributed by atoms with Crippen LogP contribution in [0.5, 0.6) is 11.5 Å². The van der Waals surface area contributed by atoms with Crippen molar-refractivity contribution in [3.05, 3.63) is 63.7 Å². The standard InChI is InChI=1S/C17H20N2O4/c1-3-18-11-14-5-4-6-16(22-2)17(14)23-12-13-7-9-15(10-8-13)19(20)21/h4-10,18H,3,11-12H2,1-2H3. The molecule has 1 N–H and O–H groups in total. The SMILES string of the molecule is CCNCc1cccc(OC)c1OCc1ccc([N+](=O)[O-])cc1. The zero-order chi connectivity index (χ0) is 16.7. The fourth-order valence-electron chi connectivity index (χ4n) is 2.15. The molecule has 0 fully saturated rings. The second-order valence-electron chi connectivity index (χ2n) is 4.94. The molecule has 122 valence electrons. The third-order valence-electron chi connectivity index (χ3n) is 3.38. The van der Waals surface area contributed by atoms with Gasteiger partial charge in [0, 0.05) is 24.2 Å². The van der Waals surface area contributed by atoms with E-state index >= 15 is 0 Å². The van der Waals surface area contributed by atoms with Crippen LogP contribution in [-0.4, -0.2) is 18.6 Å². The van der Waals surface area contributed by atoms with Crippen molar-refractivity contribution < 1.29 is 14.4 Å². The summed E-state index contributed by atoms with van der Waals surface area (Å²) < 4.78 is 11.3. The monoisotopic (exact) mass is 316 g/mol. The number of nitrogens with one attached hydrogen (secondary N) is 1. The Labute approximate surface area is 135 Å². The van der Waals surface area contributed by atoms with Gasteiger partial charge in [-0.15, -0.1) is 0 Å². The van der Waals surface area contributed by atoms with Crippen LogP contribution in [0.25, 0.3) is 0 Å². The van der Waals surface area contributed by atoms with E-state index in [2.05, 4.69) is 5.32 Å². The smallest absolute Gasteiger partial charge is 0.269 e. The first-order valence-electron chi connectivity index (χ1n) is 7.38. The number of methoxy groups -OCH3 is 1. The third kappa shape index (κ3) is 4.43. The Kier molecular flexibility index (Phi) is 5.94. The Bertz CT molecular complexity index is 656. The summed E-state index contributed by atoms with van der Waals surface area (Å²) in [6.45, 7) is 3.90. The molecule has 0 atom stereocenters. The number of nitro groups is 1. The average molecular weight is 316 g/mol. The van der Waals surface area contributed by atoms with Crippen molar-refractivity contribution in [3.63, 3.8) is 0 Å². The maximum Gasteiger partial charge on any atom is 0.269 e. The van der Waals surface area contributed by atoms with Crippen molar-refractivity contribution in [1.82, 2.24) is 5.32 Å². The Morgan fingerprint density at radius 2 is 1.91 bits per heavy atom. The lowest BCUT2D eigenvalue weighted by Gasteiger charge is -2.15. The molecule has 0 saturated carbocycles. The zero-order valence-electron chi connectivity index (χ0n) is 13.2. The molecule has 0 spiro atoms. The molecular weight excluding hydrogens is 296 g/mol. The van der Waals surface area contributed by atoms with Crippen LogP contribution in [0.1, 0.15) is 18.1 Å². The number of hydrogen-bond donors (Lipinski definition) is 1. The van der Waals surface area contributed by atoms with Crippen molar-refractivity contribution >= 4 is 5.69 Å². The van der Waals surface area contributed by atoms with Gasteiger partial charge < -0.3 is 14.8 Å². The molecule has 2 aromatic rings. The molecule has 0 unspecified atom stereocenters. The van der Waals surface area contributed by atoms with E-state index in [1.165, 1.54) is 12.1 Å². The van der Waals surface area contributed by atoms with Gasteiger partial charge >= 0.3 is 0 Å². The summed E-state index contributed by atoms with van der Waals surface area (Å²) in [7, 11) is 1.60. The summed E-state index contributed by atoms with van der Waals surface area (Å²) in [6.07, 6.45) is 0. The minimum Gasteiger partial charge on any atom is -0.493 e. The number of para-hydroxylation sites is 1. The third-order valence-corrected chi connectivity index (χ3v) is 3.38. The minimum atomic E-state index is -0.417. The highest BCUT2D eigenvalue weighted by molar-refractivity contribution is 5.46. The summed E-state index contributed by atoms with van der Waals surface area (Å²) in [5, 5.41) is 13.9. The molecule has 0 aliphatic heterocycles. The highest BCUT2D eigenvalue weighted by Gasteiger charge is 2.11. The molecule has 2 aromatic carbocycles. The molecule has 23 heavy (non-hydrogen) atoms. The number of ether oxygens (including phenoxy) is 2. The average Bonchev–Trinajstić information content (AvgIpc) is 2.58. The van der Waals surface area contributed by atoms with Crippen molar-refractivity contribution in [2.75, 3.05) is 13.7 Å². The number of benzene rings is 2. The van der Waals surface area contributed by atoms with Gasteiger partial charge in [-0.1, -0.05) is 19.1 Å². The van der Waals surface area contributed by atoms with Crippen LogP contribution in [0.15, 0.2) is 42.5 Å². The Morgan fingerprint density at radius 1 is 1.17 bits per heavy atom. The molecule has 0 aliphatic carbocycles. The molecule has 0 radical (unpaired) electrons. The van der Waals surface area contributed by atoms with E-state index in [-0.39, 0.29) is 5.69 Å². The number of nitro benzene ring substituents is 1. The van der Waals surface area contributed by atoms with Crippen LogP contribution in [0.2, 0.25) is 0 Å². The van der Waals surface area contributed by atoms with Crippen LogP contribution >= 0.6 is 0 Å². The second-order valence-corrected chi connectivity index (χ2v) is 4.94. The topological polar surface area (TPSA) is 73.6 Å². The van der Waals surface area contributed by atoms with Crippen LogP contribution in [0.4, 0.5) is 5.69 Å². The maximum absolute atomic E-state index is 10.7. The lowest BCUT2D eigenvalue weighted by molar-refractivity contribution is -0.384. The van der Waals surface area contributed by atoms with E-state index in [0.29, 0.717) is 24.7 Å². The maximum atomic E-state index is 10.7. The lowest BCUT2D eigenvalue weighted by Crippen LogP contribution is -2.13. The molecular formula is C17H20N2O4.